The van der Waals surface area contributed by atoms with Crippen molar-refractivity contribution in [3.63, 3.8) is 0 Å². The molecular formula is C17H30N2O2. The first-order chi connectivity index (χ1) is 10.1. The number of hydrogen-bond donors (Lipinski definition) is 1. The summed E-state index contributed by atoms with van der Waals surface area (Å²) in [6.07, 6.45) is 0.985. The third-order valence-corrected chi connectivity index (χ3v) is 3.81. The summed E-state index contributed by atoms with van der Waals surface area (Å²) >= 11 is 0. The number of hydrogen-bond acceptors (Lipinski definition) is 4. The zero-order valence-corrected chi connectivity index (χ0v) is 14.1. The summed E-state index contributed by atoms with van der Waals surface area (Å²) in [7, 11) is 3.34. The summed E-state index contributed by atoms with van der Waals surface area (Å²) in [5.41, 5.74) is 1.26. The maximum absolute atomic E-state index is 5.35. The molecule has 0 bridgehead atoms. The number of nitrogens with zero attached hydrogens (tertiary/aromatic N) is 1. The van der Waals surface area contributed by atoms with Gasteiger partial charge in [0.2, 0.25) is 0 Å². The lowest BCUT2D eigenvalue weighted by Gasteiger charge is -2.20. The Labute approximate surface area is 129 Å². The van der Waals surface area contributed by atoms with E-state index in [1.54, 1.807) is 14.2 Å². The minimum atomic E-state index is 0.443. The van der Waals surface area contributed by atoms with Gasteiger partial charge in [-0.05, 0) is 44.1 Å². The van der Waals surface area contributed by atoms with Crippen molar-refractivity contribution in [3.05, 3.63) is 23.8 Å². The number of methoxy groups -OCH3 is 2. The molecule has 1 atom stereocenters. The molecule has 0 spiro atoms. The van der Waals surface area contributed by atoms with Crippen molar-refractivity contribution in [2.75, 3.05) is 40.4 Å². The smallest absolute Gasteiger partial charge is 0.160 e. The van der Waals surface area contributed by atoms with Gasteiger partial charge >= 0.3 is 0 Å². The van der Waals surface area contributed by atoms with Gasteiger partial charge in [0.05, 0.1) is 14.2 Å². The van der Waals surface area contributed by atoms with Crippen LogP contribution in [0, 0.1) is 0 Å². The largest absolute Gasteiger partial charge is 0.493 e. The van der Waals surface area contributed by atoms with Gasteiger partial charge in [-0.25, -0.2) is 0 Å². The van der Waals surface area contributed by atoms with Crippen LogP contribution in [-0.4, -0.2) is 51.3 Å². The zero-order chi connectivity index (χ0) is 15.7. The van der Waals surface area contributed by atoms with Gasteiger partial charge in [0, 0.05) is 19.1 Å². The molecule has 0 amide bonds. The summed E-state index contributed by atoms with van der Waals surface area (Å²) < 4.78 is 10.6. The molecular weight excluding hydrogens is 264 g/mol. The lowest BCUT2D eigenvalue weighted by molar-refractivity contribution is 0.297. The van der Waals surface area contributed by atoms with E-state index in [1.165, 1.54) is 5.56 Å². The molecule has 1 N–H and O–H groups in total. The quantitative estimate of drug-likeness (QED) is 0.719. The van der Waals surface area contributed by atoms with Crippen LogP contribution in [0.4, 0.5) is 0 Å². The number of ether oxygens (including phenoxy) is 2. The average Bonchev–Trinajstić information content (AvgIpc) is 2.51. The Morgan fingerprint density at radius 2 is 1.76 bits per heavy atom. The summed E-state index contributed by atoms with van der Waals surface area (Å²) in [5, 5.41) is 3.58. The fourth-order valence-corrected chi connectivity index (χ4v) is 2.44. The van der Waals surface area contributed by atoms with Crippen LogP contribution in [0.15, 0.2) is 18.2 Å². The Hall–Kier alpha value is -1.26. The molecule has 4 nitrogen and oxygen atoms in total. The van der Waals surface area contributed by atoms with Crippen molar-refractivity contribution in [3.8, 4) is 11.5 Å². The number of likely N-dealkylation sites (N-methyl/N-ethyl adjacent to an activating group) is 1. The van der Waals surface area contributed by atoms with Crippen molar-refractivity contribution >= 4 is 0 Å². The molecule has 120 valence electrons. The van der Waals surface area contributed by atoms with E-state index in [0.29, 0.717) is 6.04 Å². The highest BCUT2D eigenvalue weighted by atomic mass is 16.5. The monoisotopic (exact) mass is 294 g/mol. The summed E-state index contributed by atoms with van der Waals surface area (Å²) in [6, 6.07) is 6.57. The standard InChI is InChI=1S/C17H30N2O2/c1-6-19(7-2)11-10-18-14(3)12-15-8-9-16(20-4)17(13-15)21-5/h8-9,13-14,18H,6-7,10-12H2,1-5H3. The Morgan fingerprint density at radius 1 is 1.10 bits per heavy atom. The molecule has 0 aliphatic rings. The zero-order valence-electron chi connectivity index (χ0n) is 14.1. The van der Waals surface area contributed by atoms with Gasteiger partial charge in [0.25, 0.3) is 0 Å². The van der Waals surface area contributed by atoms with Gasteiger partial charge in [-0.1, -0.05) is 19.9 Å². The SMILES string of the molecule is CCN(CC)CCNC(C)Cc1ccc(OC)c(OC)c1. The van der Waals surface area contributed by atoms with Crippen molar-refractivity contribution in [1.82, 2.24) is 10.2 Å². The fraction of sp³-hybridized carbons (Fsp3) is 0.647. The summed E-state index contributed by atoms with van der Waals surface area (Å²) in [5.74, 6) is 1.58. The summed E-state index contributed by atoms with van der Waals surface area (Å²) in [4.78, 5) is 2.43. The normalized spacial score (nSPS) is 12.5. The molecule has 0 fully saturated rings. The second-order valence-corrected chi connectivity index (χ2v) is 5.28. The fourth-order valence-electron chi connectivity index (χ4n) is 2.44. The Bertz CT molecular complexity index is 406. The van der Waals surface area contributed by atoms with Crippen LogP contribution in [0.2, 0.25) is 0 Å². The van der Waals surface area contributed by atoms with Crippen LogP contribution < -0.4 is 14.8 Å². The van der Waals surface area contributed by atoms with Crippen LogP contribution in [0.1, 0.15) is 26.3 Å². The van der Waals surface area contributed by atoms with E-state index in [1.807, 2.05) is 6.07 Å². The lowest BCUT2D eigenvalue weighted by Crippen LogP contribution is -2.36. The second kappa shape index (κ2) is 9.64. The molecule has 1 unspecified atom stereocenters. The van der Waals surface area contributed by atoms with Crippen molar-refractivity contribution in [2.45, 2.75) is 33.2 Å². The molecule has 21 heavy (non-hydrogen) atoms. The van der Waals surface area contributed by atoms with Crippen LogP contribution in [0.25, 0.3) is 0 Å². The van der Waals surface area contributed by atoms with Gasteiger partial charge < -0.3 is 19.7 Å². The first-order valence-corrected chi connectivity index (χ1v) is 7.81. The van der Waals surface area contributed by atoms with Gasteiger partial charge in [-0.3, -0.25) is 0 Å². The molecule has 1 aromatic rings. The molecule has 0 saturated carbocycles. The van der Waals surface area contributed by atoms with Crippen molar-refractivity contribution < 1.29 is 9.47 Å². The number of rotatable bonds is 10. The molecule has 1 aromatic carbocycles. The van der Waals surface area contributed by atoms with Crippen molar-refractivity contribution in [1.29, 1.82) is 0 Å². The van der Waals surface area contributed by atoms with Crippen LogP contribution in [0.5, 0.6) is 11.5 Å². The Kier molecular flexibility index (Phi) is 8.16. The van der Waals surface area contributed by atoms with E-state index in [2.05, 4.69) is 43.1 Å². The third kappa shape index (κ3) is 5.94. The van der Waals surface area contributed by atoms with Gasteiger partial charge in [-0.2, -0.15) is 0 Å². The summed E-state index contributed by atoms with van der Waals surface area (Å²) in [6.45, 7) is 11.0. The van der Waals surface area contributed by atoms with Gasteiger partial charge in [-0.15, -0.1) is 0 Å². The van der Waals surface area contributed by atoms with E-state index in [9.17, 15) is 0 Å². The molecule has 0 radical (unpaired) electrons. The Morgan fingerprint density at radius 3 is 2.33 bits per heavy atom. The van der Waals surface area contributed by atoms with Gasteiger partial charge in [0.1, 0.15) is 0 Å². The van der Waals surface area contributed by atoms with Crippen LogP contribution >= 0.6 is 0 Å². The maximum atomic E-state index is 5.35. The first-order valence-electron chi connectivity index (χ1n) is 7.81. The molecule has 0 heterocycles. The molecule has 0 aliphatic carbocycles. The third-order valence-electron chi connectivity index (χ3n) is 3.81. The van der Waals surface area contributed by atoms with E-state index in [4.69, 9.17) is 9.47 Å². The minimum absolute atomic E-state index is 0.443. The molecule has 0 saturated heterocycles. The second-order valence-electron chi connectivity index (χ2n) is 5.28. The van der Waals surface area contributed by atoms with E-state index in [-0.39, 0.29) is 0 Å². The topological polar surface area (TPSA) is 33.7 Å². The number of nitrogens with one attached hydrogen (secondary N) is 1. The Balaban J connectivity index is 2.45. The molecule has 1 rings (SSSR count). The highest BCUT2D eigenvalue weighted by Crippen LogP contribution is 2.27. The van der Waals surface area contributed by atoms with E-state index in [0.717, 1.165) is 44.1 Å². The van der Waals surface area contributed by atoms with Crippen molar-refractivity contribution in [2.24, 2.45) is 0 Å². The van der Waals surface area contributed by atoms with Crippen LogP contribution in [-0.2, 0) is 6.42 Å². The molecule has 0 aliphatic heterocycles. The first kappa shape index (κ1) is 17.8. The van der Waals surface area contributed by atoms with E-state index >= 15 is 0 Å². The van der Waals surface area contributed by atoms with Crippen LogP contribution in [0.3, 0.4) is 0 Å². The highest BCUT2D eigenvalue weighted by molar-refractivity contribution is 5.43. The highest BCUT2D eigenvalue weighted by Gasteiger charge is 2.08. The predicted octanol–water partition coefficient (Wildman–Crippen LogP) is 2.57. The average molecular weight is 294 g/mol. The van der Waals surface area contributed by atoms with Gasteiger partial charge in [0.15, 0.2) is 11.5 Å². The predicted molar refractivity (Wildman–Crippen MR) is 88.5 cm³/mol. The molecule has 4 heteroatoms. The lowest BCUT2D eigenvalue weighted by atomic mass is 10.1. The minimum Gasteiger partial charge on any atom is -0.493 e. The molecule has 0 aromatic heterocycles. The number of benzene rings is 1. The van der Waals surface area contributed by atoms with E-state index < -0.39 is 0 Å². The maximum Gasteiger partial charge on any atom is 0.160 e.